The molecule has 1 fully saturated rings. The number of unbranched alkanes of at least 4 members (excludes halogenated alkanes) is 1. The number of thiazole rings is 2. The van der Waals surface area contributed by atoms with Gasteiger partial charge in [0.15, 0.2) is 38.8 Å². The van der Waals surface area contributed by atoms with Gasteiger partial charge in [-0.2, -0.15) is 4.99 Å². The maximum atomic E-state index is 14.9. The number of halogens is 1. The Morgan fingerprint density at radius 3 is 2.60 bits per heavy atom. The van der Waals surface area contributed by atoms with Gasteiger partial charge in [-0.1, -0.05) is 55.0 Å². The highest BCUT2D eigenvalue weighted by molar-refractivity contribution is 7.16. The second kappa shape index (κ2) is 24.8. The van der Waals surface area contributed by atoms with Gasteiger partial charge in [-0.05, 0) is 101 Å². The zero-order valence-electron chi connectivity index (χ0n) is 39.0. The number of esters is 1. The average molecular weight is 946 g/mol. The van der Waals surface area contributed by atoms with E-state index >= 15 is 0 Å². The van der Waals surface area contributed by atoms with Crippen LogP contribution in [0.5, 0.6) is 5.75 Å². The first kappa shape index (κ1) is 49.8. The molecule has 0 atom stereocenters. The second-order valence-electron chi connectivity index (χ2n) is 17.4. The fraction of sp³-hybridized carbons (Fsp3) is 0.511. The summed E-state index contributed by atoms with van der Waals surface area (Å²) in [4.78, 5) is 31.0. The molecule has 2 aromatic carbocycles. The Kier molecular flexibility index (Phi) is 19.0. The summed E-state index contributed by atoms with van der Waals surface area (Å²) in [6, 6.07) is 16.0. The molecule has 1 aliphatic heterocycles. The zero-order chi connectivity index (χ0) is 46.2. The van der Waals surface area contributed by atoms with Gasteiger partial charge in [0, 0.05) is 57.8 Å². The number of methoxy groups -OCH3 is 1. The Bertz CT molecular complexity index is 2450. The summed E-state index contributed by atoms with van der Waals surface area (Å²) in [6.07, 6.45) is 2.74. The van der Waals surface area contributed by atoms with E-state index in [9.17, 15) is 9.18 Å². The summed E-state index contributed by atoms with van der Waals surface area (Å²) < 4.78 is 40.9. The minimum atomic E-state index is -1.25. The Hall–Kier alpha value is -4.58. The van der Waals surface area contributed by atoms with Crippen molar-refractivity contribution in [1.29, 1.82) is 0 Å². The van der Waals surface area contributed by atoms with Crippen molar-refractivity contribution in [2.45, 2.75) is 65.0 Å². The van der Waals surface area contributed by atoms with E-state index in [2.05, 4.69) is 63.5 Å². The van der Waals surface area contributed by atoms with Crippen LogP contribution in [0, 0.1) is 24.6 Å². The molecule has 3 aromatic heterocycles. The lowest BCUT2D eigenvalue weighted by atomic mass is 10.2. The molecule has 65 heavy (non-hydrogen) atoms. The number of anilines is 2. The molecule has 1 aliphatic rings. The fourth-order valence-corrected chi connectivity index (χ4v) is 9.77. The minimum absolute atomic E-state index is 0.153. The standard InChI is InChI=1S/C47H64FN9O5S2Si/c1-35-32-42(52-53-44(35)51-47-57(34-61-30-31-65(5,6)7)38-15-8-9-16-40(38)63-47)56(23-11-10-20-49-21-24-55-25-28-60-29-26-55)46-50-43(45(58)59-4)41(64-46)17-13-27-62-39-19-18-36(33-37(39)48)14-12-22-54(2)3/h8-9,15-16,18-19,32-33,49H,10-11,13,17,20-31,34H2,1-7H3/b51-47-. The number of aromatic nitrogens is 4. The van der Waals surface area contributed by atoms with Gasteiger partial charge in [0.2, 0.25) is 0 Å². The summed E-state index contributed by atoms with van der Waals surface area (Å²) in [6.45, 7) is 17.8. The van der Waals surface area contributed by atoms with E-state index in [4.69, 9.17) is 34.0 Å². The molecule has 0 radical (unpaired) electrons. The number of benzene rings is 2. The molecule has 1 N–H and O–H groups in total. The molecule has 18 heteroatoms. The molecule has 0 amide bonds. The van der Waals surface area contributed by atoms with Crippen molar-refractivity contribution >= 4 is 63.7 Å². The smallest absolute Gasteiger partial charge is 0.357 e. The highest BCUT2D eigenvalue weighted by Gasteiger charge is 2.24. The lowest BCUT2D eigenvalue weighted by molar-refractivity contribution is 0.0384. The van der Waals surface area contributed by atoms with E-state index in [1.165, 1.54) is 24.5 Å². The first-order valence-corrected chi connectivity index (χ1v) is 27.7. The van der Waals surface area contributed by atoms with E-state index < -0.39 is 19.9 Å². The van der Waals surface area contributed by atoms with Gasteiger partial charge in [0.05, 0.1) is 43.7 Å². The molecular weight excluding hydrogens is 882 g/mol. The molecule has 0 saturated carbocycles. The van der Waals surface area contributed by atoms with Crippen molar-refractivity contribution in [2.24, 2.45) is 4.99 Å². The third-order valence-corrected chi connectivity index (χ3v) is 14.5. The molecule has 0 bridgehead atoms. The fourth-order valence-electron chi connectivity index (χ4n) is 6.87. The predicted octanol–water partition coefficient (Wildman–Crippen LogP) is 7.49. The summed E-state index contributed by atoms with van der Waals surface area (Å²) in [5, 5.41) is 13.6. The summed E-state index contributed by atoms with van der Waals surface area (Å²) in [5.74, 6) is 6.27. The monoisotopic (exact) mass is 945 g/mol. The Labute approximate surface area is 391 Å². The van der Waals surface area contributed by atoms with E-state index in [0.717, 1.165) is 90.3 Å². The van der Waals surface area contributed by atoms with Crippen molar-refractivity contribution in [3.63, 3.8) is 0 Å². The number of nitrogens with zero attached hydrogens (tertiary/aromatic N) is 8. The molecule has 1 saturated heterocycles. The topological polar surface area (TPSA) is 132 Å². The average Bonchev–Trinajstić information content (AvgIpc) is 3.86. The maximum Gasteiger partial charge on any atom is 0.357 e. The number of hydrogen-bond donors (Lipinski definition) is 1. The van der Waals surface area contributed by atoms with E-state index in [-0.39, 0.29) is 18.1 Å². The SMILES string of the molecule is COC(=O)c1nc(N(CCCCNCCN2CCOCC2)c2cc(C)c(/N=c3\sc4ccccc4n3COCC[Si](C)(C)C)nn2)sc1CCCOc1ccc(C#CCN(C)C)cc1F. The first-order chi connectivity index (χ1) is 31.4. The highest BCUT2D eigenvalue weighted by Crippen LogP contribution is 2.34. The third kappa shape index (κ3) is 15.2. The van der Waals surface area contributed by atoms with Gasteiger partial charge in [-0.15, -0.1) is 21.5 Å². The second-order valence-corrected chi connectivity index (χ2v) is 25.1. The summed E-state index contributed by atoms with van der Waals surface area (Å²) in [7, 11) is 3.97. The summed E-state index contributed by atoms with van der Waals surface area (Å²) >= 11 is 3.01. The zero-order valence-corrected chi connectivity index (χ0v) is 41.6. The highest BCUT2D eigenvalue weighted by atomic mass is 32.1. The van der Waals surface area contributed by atoms with Crippen molar-refractivity contribution < 1.29 is 28.1 Å². The van der Waals surface area contributed by atoms with Crippen LogP contribution >= 0.6 is 22.7 Å². The molecule has 6 rings (SSSR count). The first-order valence-electron chi connectivity index (χ1n) is 22.4. The Balaban J connectivity index is 1.20. The molecule has 5 aromatic rings. The molecule has 0 unspecified atom stereocenters. The van der Waals surface area contributed by atoms with Gasteiger partial charge >= 0.3 is 5.97 Å². The van der Waals surface area contributed by atoms with Crippen LogP contribution in [0.3, 0.4) is 0 Å². The molecule has 0 aliphatic carbocycles. The lowest BCUT2D eigenvalue weighted by Crippen LogP contribution is -2.40. The van der Waals surface area contributed by atoms with Crippen LogP contribution in [-0.2, 0) is 27.4 Å². The minimum Gasteiger partial charge on any atom is -0.491 e. The number of fused-ring (bicyclic) bond motifs is 1. The van der Waals surface area contributed by atoms with Crippen molar-refractivity contribution in [3.8, 4) is 17.6 Å². The molecule has 350 valence electrons. The number of morpholine rings is 1. The number of ether oxygens (including phenoxy) is 4. The van der Waals surface area contributed by atoms with Crippen molar-refractivity contribution in [2.75, 3.05) is 98.3 Å². The third-order valence-electron chi connectivity index (χ3n) is 10.6. The van der Waals surface area contributed by atoms with Crippen LogP contribution in [0.1, 0.15) is 45.8 Å². The Morgan fingerprint density at radius 2 is 1.85 bits per heavy atom. The number of nitrogens with one attached hydrogen (secondary N) is 1. The number of para-hydroxylation sites is 1. The predicted molar refractivity (Wildman–Crippen MR) is 261 cm³/mol. The molecular formula is C47H64FN9O5S2Si. The van der Waals surface area contributed by atoms with Gasteiger partial charge in [0.25, 0.3) is 0 Å². The van der Waals surface area contributed by atoms with E-state index in [0.29, 0.717) is 61.6 Å². The van der Waals surface area contributed by atoms with Crippen molar-refractivity contribution in [1.82, 2.24) is 34.9 Å². The molecule has 14 nitrogen and oxygen atoms in total. The van der Waals surface area contributed by atoms with Gasteiger partial charge in [0.1, 0.15) is 6.73 Å². The number of hydrogen-bond acceptors (Lipinski definition) is 15. The van der Waals surface area contributed by atoms with Crippen LogP contribution in [-0.4, -0.2) is 137 Å². The van der Waals surface area contributed by atoms with Gasteiger partial charge < -0.3 is 29.2 Å². The Morgan fingerprint density at radius 1 is 1.03 bits per heavy atom. The van der Waals surface area contributed by atoms with Crippen LogP contribution < -0.4 is 19.8 Å². The summed E-state index contributed by atoms with van der Waals surface area (Å²) in [5.41, 5.74) is 2.73. The van der Waals surface area contributed by atoms with Crippen LogP contribution in [0.4, 0.5) is 21.2 Å². The lowest BCUT2D eigenvalue weighted by Gasteiger charge is -2.26. The number of aryl methyl sites for hydroxylation is 2. The normalized spacial score (nSPS) is 13.6. The molecule has 4 heterocycles. The molecule has 0 spiro atoms. The van der Waals surface area contributed by atoms with E-state index in [1.54, 1.807) is 23.5 Å². The van der Waals surface area contributed by atoms with E-state index in [1.807, 2.05) is 49.0 Å². The quantitative estimate of drug-likeness (QED) is 0.0301. The van der Waals surface area contributed by atoms with Gasteiger partial charge in [-0.25, -0.2) is 14.2 Å². The van der Waals surface area contributed by atoms with Crippen molar-refractivity contribution in [3.05, 3.63) is 80.8 Å². The number of carbonyl (C=O) groups excluding carboxylic acids is 1. The van der Waals surface area contributed by atoms with Crippen LogP contribution in [0.2, 0.25) is 25.7 Å². The largest absolute Gasteiger partial charge is 0.491 e. The number of carbonyl (C=O) groups is 1. The maximum absolute atomic E-state index is 14.9. The van der Waals surface area contributed by atoms with Crippen LogP contribution in [0.25, 0.3) is 10.2 Å². The number of rotatable bonds is 23. The van der Waals surface area contributed by atoms with Gasteiger partial charge in [-0.3, -0.25) is 14.4 Å². The van der Waals surface area contributed by atoms with Crippen LogP contribution in [0.15, 0.2) is 53.5 Å².